The molecule has 1 saturated carbocycles. The zero-order chi connectivity index (χ0) is 19.3. The zero-order valence-corrected chi connectivity index (χ0v) is 17.3. The molecule has 0 radical (unpaired) electrons. The average molecular weight is 413 g/mol. The van der Waals surface area contributed by atoms with Crippen LogP contribution in [0.5, 0.6) is 0 Å². The van der Waals surface area contributed by atoms with Crippen LogP contribution in [-0.2, 0) is 12.8 Å². The lowest BCUT2D eigenvalue weighted by molar-refractivity contribution is 0.203. The molecule has 1 unspecified atom stereocenters. The first kappa shape index (κ1) is 18.1. The van der Waals surface area contributed by atoms with Crippen molar-refractivity contribution in [2.75, 3.05) is 0 Å². The lowest BCUT2D eigenvalue weighted by atomic mass is 9.74. The van der Waals surface area contributed by atoms with Gasteiger partial charge in [-0.2, -0.15) is 5.21 Å². The number of rotatable bonds is 3. The Bertz CT molecular complexity index is 1010. The molecule has 0 aliphatic heterocycles. The van der Waals surface area contributed by atoms with E-state index in [1.165, 1.54) is 36.8 Å². The Morgan fingerprint density at radius 1 is 1.00 bits per heavy atom. The third-order valence-corrected chi connectivity index (χ3v) is 7.62. The summed E-state index contributed by atoms with van der Waals surface area (Å²) in [6.45, 7) is 2.44. The highest BCUT2D eigenvalue weighted by Crippen LogP contribution is 2.52. The van der Waals surface area contributed by atoms with E-state index in [2.05, 4.69) is 33.6 Å². The van der Waals surface area contributed by atoms with E-state index in [0.29, 0.717) is 16.3 Å². The van der Waals surface area contributed by atoms with E-state index < -0.39 is 0 Å². The van der Waals surface area contributed by atoms with Gasteiger partial charge in [0, 0.05) is 11.1 Å². The van der Waals surface area contributed by atoms with Crippen LogP contribution in [-0.4, -0.2) is 20.6 Å². The summed E-state index contributed by atoms with van der Waals surface area (Å²) in [6.07, 6.45) is 7.56. The van der Waals surface area contributed by atoms with Crippen LogP contribution in [0.15, 0.2) is 30.3 Å². The average Bonchev–Trinajstić information content (AvgIpc) is 3.46. The van der Waals surface area contributed by atoms with Crippen molar-refractivity contribution in [3.05, 3.63) is 51.5 Å². The third kappa shape index (κ3) is 2.94. The zero-order valence-electron chi connectivity index (χ0n) is 15.8. The van der Waals surface area contributed by atoms with E-state index in [1.54, 1.807) is 0 Å². The van der Waals surface area contributed by atoms with Crippen LogP contribution in [0.2, 0.25) is 10.0 Å². The third-order valence-electron chi connectivity index (χ3n) is 6.72. The van der Waals surface area contributed by atoms with Gasteiger partial charge in [-0.15, -0.1) is 10.2 Å². The summed E-state index contributed by atoms with van der Waals surface area (Å²) < 4.78 is 0. The van der Waals surface area contributed by atoms with Gasteiger partial charge >= 0.3 is 0 Å². The molecule has 1 fully saturated rings. The molecule has 0 bridgehead atoms. The molecule has 2 aliphatic carbocycles. The predicted molar refractivity (Wildman–Crippen MR) is 113 cm³/mol. The first-order valence-corrected chi connectivity index (χ1v) is 10.6. The molecule has 1 aromatic heterocycles. The molecule has 6 heteroatoms. The van der Waals surface area contributed by atoms with Gasteiger partial charge in [0.2, 0.25) is 5.82 Å². The molecule has 0 saturated heterocycles. The fourth-order valence-electron chi connectivity index (χ4n) is 5.17. The van der Waals surface area contributed by atoms with Crippen LogP contribution in [0.1, 0.15) is 43.7 Å². The molecular formula is C22H22Cl2N4. The van der Waals surface area contributed by atoms with Crippen LogP contribution in [0, 0.1) is 11.3 Å². The molecule has 1 atom stereocenters. The Balaban J connectivity index is 1.50. The minimum Gasteiger partial charge on any atom is -0.177 e. The van der Waals surface area contributed by atoms with Crippen molar-refractivity contribution in [3.8, 4) is 22.5 Å². The standard InChI is InChI=1S/C22H22Cl2N4/c1-22(16-4-2-3-5-16)11-15-10-17(19(23)20(24)18(15)12-22)13-6-8-14(9-7-13)21-25-27-28-26-21/h6-10,16H,2-5,11-12H2,1H3,(H,25,26,27,28). The van der Waals surface area contributed by atoms with Gasteiger partial charge in [0.1, 0.15) is 0 Å². The molecule has 5 rings (SSSR count). The van der Waals surface area contributed by atoms with Gasteiger partial charge in [0.25, 0.3) is 0 Å². The lowest BCUT2D eigenvalue weighted by Crippen LogP contribution is -2.26. The summed E-state index contributed by atoms with van der Waals surface area (Å²) in [6, 6.07) is 10.3. The molecule has 2 aliphatic rings. The highest BCUT2D eigenvalue weighted by atomic mass is 35.5. The molecule has 1 N–H and O–H groups in total. The number of fused-ring (bicyclic) bond motifs is 1. The Morgan fingerprint density at radius 3 is 2.39 bits per heavy atom. The number of halogens is 2. The SMILES string of the molecule is CC1(C2CCCC2)Cc2cc(-c3ccc(-c4nn[nH]n4)cc3)c(Cl)c(Cl)c2C1. The molecule has 3 aromatic rings. The Hall–Kier alpha value is -1.91. The van der Waals surface area contributed by atoms with Gasteiger partial charge in [-0.1, -0.05) is 67.2 Å². The smallest absolute Gasteiger partial charge is 0.177 e. The monoisotopic (exact) mass is 412 g/mol. The van der Waals surface area contributed by atoms with E-state index in [9.17, 15) is 0 Å². The number of nitrogens with zero attached hydrogens (tertiary/aromatic N) is 3. The minimum absolute atomic E-state index is 0.312. The van der Waals surface area contributed by atoms with Crippen LogP contribution in [0.4, 0.5) is 0 Å². The van der Waals surface area contributed by atoms with Gasteiger partial charge < -0.3 is 0 Å². The van der Waals surface area contributed by atoms with Crippen LogP contribution >= 0.6 is 23.2 Å². The largest absolute Gasteiger partial charge is 0.204 e. The molecule has 0 amide bonds. The summed E-state index contributed by atoms with van der Waals surface area (Å²) >= 11 is 13.5. The molecule has 4 nitrogen and oxygen atoms in total. The number of hydrogen-bond acceptors (Lipinski definition) is 3. The van der Waals surface area contributed by atoms with E-state index >= 15 is 0 Å². The maximum atomic E-state index is 6.78. The molecule has 0 spiro atoms. The fourth-order valence-corrected chi connectivity index (χ4v) is 5.74. The lowest BCUT2D eigenvalue weighted by Gasteiger charge is -2.31. The number of aromatic amines is 1. The number of hydrogen-bond donors (Lipinski definition) is 1. The first-order chi connectivity index (χ1) is 13.5. The fraction of sp³-hybridized carbons (Fsp3) is 0.409. The first-order valence-electron chi connectivity index (χ1n) is 9.89. The molecular weight excluding hydrogens is 391 g/mol. The maximum absolute atomic E-state index is 6.78. The molecule has 28 heavy (non-hydrogen) atoms. The van der Waals surface area contributed by atoms with Crippen molar-refractivity contribution >= 4 is 23.2 Å². The van der Waals surface area contributed by atoms with Crippen molar-refractivity contribution in [1.82, 2.24) is 20.6 Å². The second-order valence-electron chi connectivity index (χ2n) is 8.49. The number of H-pyrrole nitrogens is 1. The minimum atomic E-state index is 0.312. The van der Waals surface area contributed by atoms with E-state index in [0.717, 1.165) is 40.5 Å². The summed E-state index contributed by atoms with van der Waals surface area (Å²) in [5.74, 6) is 1.38. The second kappa shape index (κ2) is 6.85. The predicted octanol–water partition coefficient (Wildman–Crippen LogP) is 6.14. The Labute approximate surface area is 174 Å². The van der Waals surface area contributed by atoms with Crippen molar-refractivity contribution in [2.45, 2.75) is 45.4 Å². The van der Waals surface area contributed by atoms with Crippen molar-refractivity contribution in [1.29, 1.82) is 0 Å². The quantitative estimate of drug-likeness (QED) is 0.562. The van der Waals surface area contributed by atoms with Gasteiger partial charge in [0.15, 0.2) is 0 Å². The number of aromatic nitrogens is 4. The second-order valence-corrected chi connectivity index (χ2v) is 9.25. The number of tetrazole rings is 1. The highest BCUT2D eigenvalue weighted by Gasteiger charge is 2.42. The number of benzene rings is 2. The van der Waals surface area contributed by atoms with Gasteiger partial charge in [-0.05, 0) is 65.0 Å². The van der Waals surface area contributed by atoms with Crippen LogP contribution in [0.25, 0.3) is 22.5 Å². The summed E-state index contributed by atoms with van der Waals surface area (Å²) in [4.78, 5) is 0. The Kier molecular flexibility index (Phi) is 4.44. The highest BCUT2D eigenvalue weighted by molar-refractivity contribution is 6.44. The summed E-state index contributed by atoms with van der Waals surface area (Å²) in [5, 5.41) is 15.5. The maximum Gasteiger partial charge on any atom is 0.204 e. The van der Waals surface area contributed by atoms with E-state index in [4.69, 9.17) is 23.2 Å². The van der Waals surface area contributed by atoms with Crippen molar-refractivity contribution in [2.24, 2.45) is 11.3 Å². The summed E-state index contributed by atoms with van der Waals surface area (Å²) in [7, 11) is 0. The van der Waals surface area contributed by atoms with Crippen molar-refractivity contribution < 1.29 is 0 Å². The van der Waals surface area contributed by atoms with Crippen molar-refractivity contribution in [3.63, 3.8) is 0 Å². The van der Waals surface area contributed by atoms with Gasteiger partial charge in [0.05, 0.1) is 10.0 Å². The molecule has 144 valence electrons. The molecule has 1 heterocycles. The van der Waals surface area contributed by atoms with Crippen LogP contribution in [0.3, 0.4) is 0 Å². The Morgan fingerprint density at radius 2 is 1.71 bits per heavy atom. The van der Waals surface area contributed by atoms with E-state index in [-0.39, 0.29) is 0 Å². The topological polar surface area (TPSA) is 54.5 Å². The van der Waals surface area contributed by atoms with Gasteiger partial charge in [-0.25, -0.2) is 0 Å². The normalized spacial score (nSPS) is 22.0. The summed E-state index contributed by atoms with van der Waals surface area (Å²) in [5.41, 5.74) is 5.90. The number of nitrogens with one attached hydrogen (secondary N) is 1. The van der Waals surface area contributed by atoms with E-state index in [1.807, 2.05) is 24.3 Å². The van der Waals surface area contributed by atoms with Crippen LogP contribution < -0.4 is 0 Å². The van der Waals surface area contributed by atoms with Gasteiger partial charge in [-0.3, -0.25) is 0 Å². The molecule has 2 aromatic carbocycles.